The zero-order valence-corrected chi connectivity index (χ0v) is 11.7. The topological polar surface area (TPSA) is 111 Å². The number of hydrogen-bond acceptors (Lipinski definition) is 6. The van der Waals surface area contributed by atoms with Crippen molar-refractivity contribution < 1.29 is 9.85 Å². The first-order chi connectivity index (χ1) is 11.0. The standard InChI is InChI=1S/C15H10N4O4/c20-18(21)13-8-14(19(22)23)15(16-9-13)17-12-6-5-10-3-1-2-4-11(10)7-12/h1-9H,(H,16,17). The van der Waals surface area contributed by atoms with Crippen LogP contribution in [0.2, 0.25) is 0 Å². The van der Waals surface area contributed by atoms with E-state index < -0.39 is 21.2 Å². The van der Waals surface area contributed by atoms with E-state index in [0.29, 0.717) is 5.69 Å². The van der Waals surface area contributed by atoms with Crippen LogP contribution in [0.3, 0.4) is 0 Å². The van der Waals surface area contributed by atoms with Crippen LogP contribution in [0.1, 0.15) is 0 Å². The number of rotatable bonds is 4. The van der Waals surface area contributed by atoms with Gasteiger partial charge in [0.25, 0.3) is 5.69 Å². The van der Waals surface area contributed by atoms with E-state index in [2.05, 4.69) is 10.3 Å². The molecule has 1 heterocycles. The third kappa shape index (κ3) is 2.91. The molecule has 0 unspecified atom stereocenters. The maximum atomic E-state index is 11.1. The normalized spacial score (nSPS) is 10.4. The average Bonchev–Trinajstić information content (AvgIpc) is 2.54. The van der Waals surface area contributed by atoms with Crippen molar-refractivity contribution >= 4 is 33.7 Å². The summed E-state index contributed by atoms with van der Waals surface area (Å²) in [5, 5.41) is 26.6. The van der Waals surface area contributed by atoms with E-state index >= 15 is 0 Å². The lowest BCUT2D eigenvalue weighted by molar-refractivity contribution is -0.394. The maximum absolute atomic E-state index is 11.1. The van der Waals surface area contributed by atoms with E-state index in [0.717, 1.165) is 23.0 Å². The molecule has 1 aromatic heterocycles. The van der Waals surface area contributed by atoms with Crippen molar-refractivity contribution in [3.05, 3.63) is 75.0 Å². The van der Waals surface area contributed by atoms with Gasteiger partial charge < -0.3 is 5.32 Å². The Kier molecular flexibility index (Phi) is 3.55. The third-order valence-corrected chi connectivity index (χ3v) is 3.27. The summed E-state index contributed by atoms with van der Waals surface area (Å²) in [4.78, 5) is 24.2. The largest absolute Gasteiger partial charge is 0.334 e. The predicted molar refractivity (Wildman–Crippen MR) is 84.8 cm³/mol. The minimum absolute atomic E-state index is 0.0455. The fourth-order valence-corrected chi connectivity index (χ4v) is 2.18. The Morgan fingerprint density at radius 3 is 2.35 bits per heavy atom. The van der Waals surface area contributed by atoms with E-state index in [1.54, 1.807) is 6.07 Å². The molecule has 114 valence electrons. The summed E-state index contributed by atoms with van der Waals surface area (Å²) in [5.41, 5.74) is -0.277. The number of anilines is 2. The van der Waals surface area contributed by atoms with Gasteiger partial charge in [0.2, 0.25) is 5.82 Å². The van der Waals surface area contributed by atoms with Crippen LogP contribution in [0, 0.1) is 20.2 Å². The van der Waals surface area contributed by atoms with Gasteiger partial charge in [-0.1, -0.05) is 30.3 Å². The van der Waals surface area contributed by atoms with Crippen LogP contribution in [-0.2, 0) is 0 Å². The fraction of sp³-hybridized carbons (Fsp3) is 0. The van der Waals surface area contributed by atoms with Gasteiger partial charge in [-0.2, -0.15) is 0 Å². The average molecular weight is 310 g/mol. The summed E-state index contributed by atoms with van der Waals surface area (Å²) in [6.45, 7) is 0. The highest BCUT2D eigenvalue weighted by molar-refractivity contribution is 5.86. The number of nitro groups is 2. The summed E-state index contributed by atoms with van der Waals surface area (Å²) < 4.78 is 0. The molecule has 0 bridgehead atoms. The first-order valence-electron chi connectivity index (χ1n) is 6.59. The molecule has 2 aromatic carbocycles. The molecule has 23 heavy (non-hydrogen) atoms. The van der Waals surface area contributed by atoms with Crippen LogP contribution < -0.4 is 5.32 Å². The SMILES string of the molecule is O=[N+]([O-])c1cnc(Nc2ccc3ccccc3c2)c([N+](=O)[O-])c1. The van der Waals surface area contributed by atoms with Crippen molar-refractivity contribution in [1.82, 2.24) is 4.98 Å². The van der Waals surface area contributed by atoms with Gasteiger partial charge >= 0.3 is 5.69 Å². The Balaban J connectivity index is 2.00. The second-order valence-electron chi connectivity index (χ2n) is 4.76. The smallest absolute Gasteiger partial charge is 0.318 e. The number of hydrogen-bond donors (Lipinski definition) is 1. The van der Waals surface area contributed by atoms with Gasteiger partial charge in [-0.05, 0) is 22.9 Å². The zero-order chi connectivity index (χ0) is 16.4. The molecule has 0 aliphatic rings. The van der Waals surface area contributed by atoms with Crippen molar-refractivity contribution in [1.29, 1.82) is 0 Å². The monoisotopic (exact) mass is 310 g/mol. The van der Waals surface area contributed by atoms with Crippen molar-refractivity contribution in [3.8, 4) is 0 Å². The van der Waals surface area contributed by atoms with Gasteiger partial charge in [0, 0.05) is 5.69 Å². The Morgan fingerprint density at radius 1 is 0.913 bits per heavy atom. The van der Waals surface area contributed by atoms with E-state index in [1.807, 2.05) is 36.4 Å². The van der Waals surface area contributed by atoms with E-state index in [1.165, 1.54) is 0 Å². The van der Waals surface area contributed by atoms with Gasteiger partial charge in [-0.25, -0.2) is 4.98 Å². The second kappa shape index (κ2) is 5.68. The molecule has 0 saturated carbocycles. The molecular formula is C15H10N4O4. The van der Waals surface area contributed by atoms with Crippen LogP contribution in [0.25, 0.3) is 10.8 Å². The molecule has 8 heteroatoms. The molecule has 1 N–H and O–H groups in total. The Hall–Kier alpha value is -3.55. The molecule has 0 saturated heterocycles. The van der Waals surface area contributed by atoms with Crippen LogP contribution >= 0.6 is 0 Å². The van der Waals surface area contributed by atoms with Gasteiger partial charge in [0.15, 0.2) is 0 Å². The van der Waals surface area contributed by atoms with Crippen LogP contribution in [0.15, 0.2) is 54.7 Å². The van der Waals surface area contributed by atoms with E-state index in [4.69, 9.17) is 0 Å². The maximum Gasteiger partial charge on any atom is 0.318 e. The van der Waals surface area contributed by atoms with Gasteiger partial charge in [-0.3, -0.25) is 20.2 Å². The zero-order valence-electron chi connectivity index (χ0n) is 11.7. The van der Waals surface area contributed by atoms with E-state index in [-0.39, 0.29) is 5.82 Å². The lowest BCUT2D eigenvalue weighted by atomic mass is 10.1. The number of nitrogens with zero attached hydrogens (tertiary/aromatic N) is 3. The number of pyridine rings is 1. The summed E-state index contributed by atoms with van der Waals surface area (Å²) in [6.07, 6.45) is 0.983. The van der Waals surface area contributed by atoms with Crippen LogP contribution in [0.5, 0.6) is 0 Å². The van der Waals surface area contributed by atoms with E-state index in [9.17, 15) is 20.2 Å². The highest BCUT2D eigenvalue weighted by atomic mass is 16.6. The van der Waals surface area contributed by atoms with Crippen LogP contribution in [-0.4, -0.2) is 14.8 Å². The number of aromatic nitrogens is 1. The molecule has 0 atom stereocenters. The predicted octanol–water partition coefficient (Wildman–Crippen LogP) is 3.79. The Labute approximate surface area is 129 Å². The Morgan fingerprint density at radius 2 is 1.65 bits per heavy atom. The van der Waals surface area contributed by atoms with Crippen LogP contribution in [0.4, 0.5) is 22.9 Å². The molecule has 8 nitrogen and oxygen atoms in total. The van der Waals surface area contributed by atoms with Crippen molar-refractivity contribution in [3.63, 3.8) is 0 Å². The van der Waals surface area contributed by atoms with Gasteiger partial charge in [0.05, 0.1) is 15.9 Å². The summed E-state index contributed by atoms with van der Waals surface area (Å²) in [6, 6.07) is 14.0. The molecule has 0 aliphatic heterocycles. The highest BCUT2D eigenvalue weighted by Crippen LogP contribution is 2.29. The molecule has 0 aliphatic carbocycles. The minimum atomic E-state index is -0.722. The van der Waals surface area contributed by atoms with Crippen molar-refractivity contribution in [2.45, 2.75) is 0 Å². The molecule has 0 spiro atoms. The number of fused-ring (bicyclic) bond motifs is 1. The number of benzene rings is 2. The molecule has 0 fully saturated rings. The van der Waals surface area contributed by atoms with Crippen molar-refractivity contribution in [2.75, 3.05) is 5.32 Å². The third-order valence-electron chi connectivity index (χ3n) is 3.27. The molecule has 0 amide bonds. The fourth-order valence-electron chi connectivity index (χ4n) is 2.18. The Bertz CT molecular complexity index is 926. The second-order valence-corrected chi connectivity index (χ2v) is 4.76. The molecular weight excluding hydrogens is 300 g/mol. The lowest BCUT2D eigenvalue weighted by Crippen LogP contribution is -2.01. The lowest BCUT2D eigenvalue weighted by Gasteiger charge is -2.07. The first-order valence-corrected chi connectivity index (χ1v) is 6.59. The molecule has 3 rings (SSSR count). The molecule has 3 aromatic rings. The summed E-state index contributed by atoms with van der Waals surface area (Å²) >= 11 is 0. The minimum Gasteiger partial charge on any atom is -0.334 e. The van der Waals surface area contributed by atoms with Gasteiger partial charge in [0.1, 0.15) is 6.20 Å². The first kappa shape index (κ1) is 14.4. The highest BCUT2D eigenvalue weighted by Gasteiger charge is 2.21. The molecule has 0 radical (unpaired) electrons. The van der Waals surface area contributed by atoms with Crippen molar-refractivity contribution in [2.24, 2.45) is 0 Å². The summed E-state index contributed by atoms with van der Waals surface area (Å²) in [7, 11) is 0. The summed E-state index contributed by atoms with van der Waals surface area (Å²) in [5.74, 6) is -0.0455. The quantitative estimate of drug-likeness (QED) is 0.579. The number of nitrogens with one attached hydrogen (secondary N) is 1. The van der Waals surface area contributed by atoms with Gasteiger partial charge in [-0.15, -0.1) is 0 Å².